The third-order valence-electron chi connectivity index (χ3n) is 4.95. The molecular formula is C24H25N3. The maximum Gasteiger partial charge on any atom is 0.137 e. The third kappa shape index (κ3) is 4.26. The molecular weight excluding hydrogens is 330 g/mol. The van der Waals surface area contributed by atoms with Gasteiger partial charge in [-0.05, 0) is 31.0 Å². The first kappa shape index (κ1) is 17.5. The quantitative estimate of drug-likeness (QED) is 0.659. The van der Waals surface area contributed by atoms with Crippen LogP contribution in [0.4, 0.5) is 5.69 Å². The summed E-state index contributed by atoms with van der Waals surface area (Å²) in [5.41, 5.74) is 5.00. The molecule has 0 saturated heterocycles. The zero-order chi connectivity index (χ0) is 18.5. The lowest BCUT2D eigenvalue weighted by atomic mass is 10.1. The van der Waals surface area contributed by atoms with Crippen LogP contribution in [-0.4, -0.2) is 30.6 Å². The van der Waals surface area contributed by atoms with Gasteiger partial charge in [0.05, 0.1) is 13.3 Å². The second kappa shape index (κ2) is 8.19. The van der Waals surface area contributed by atoms with E-state index in [9.17, 15) is 0 Å². The van der Waals surface area contributed by atoms with Crippen LogP contribution in [-0.2, 0) is 6.42 Å². The SMILES string of the molecule is Cc1ccc(N2CN(CCc3ccccc3)CN=C2c2ccccc2)cc1. The molecule has 3 nitrogen and oxygen atoms in total. The normalized spacial score (nSPS) is 14.9. The van der Waals surface area contributed by atoms with Crippen LogP contribution in [0.25, 0.3) is 0 Å². The van der Waals surface area contributed by atoms with Gasteiger partial charge in [-0.15, -0.1) is 0 Å². The molecule has 0 radical (unpaired) electrons. The second-order valence-electron chi connectivity index (χ2n) is 7.02. The Bertz CT molecular complexity index is 886. The monoisotopic (exact) mass is 355 g/mol. The van der Waals surface area contributed by atoms with Crippen LogP contribution in [0, 0.1) is 6.92 Å². The van der Waals surface area contributed by atoms with Crippen LogP contribution in [0.2, 0.25) is 0 Å². The van der Waals surface area contributed by atoms with E-state index in [0.717, 1.165) is 32.1 Å². The number of hydrogen-bond acceptors (Lipinski definition) is 3. The van der Waals surface area contributed by atoms with Crippen LogP contribution in [0.3, 0.4) is 0 Å². The Balaban J connectivity index is 1.57. The molecule has 27 heavy (non-hydrogen) atoms. The molecule has 1 heterocycles. The number of nitrogens with zero attached hydrogens (tertiary/aromatic N) is 3. The molecule has 0 unspecified atom stereocenters. The van der Waals surface area contributed by atoms with E-state index in [-0.39, 0.29) is 0 Å². The van der Waals surface area contributed by atoms with Crippen LogP contribution in [0.5, 0.6) is 0 Å². The Labute approximate surface area is 161 Å². The number of amidine groups is 1. The van der Waals surface area contributed by atoms with Gasteiger partial charge in [-0.2, -0.15) is 0 Å². The van der Waals surface area contributed by atoms with Gasteiger partial charge in [-0.3, -0.25) is 9.89 Å². The first-order chi connectivity index (χ1) is 13.3. The molecule has 0 bridgehead atoms. The molecule has 4 rings (SSSR count). The largest absolute Gasteiger partial charge is 0.313 e. The minimum atomic E-state index is 0.736. The molecule has 0 fully saturated rings. The molecule has 3 aromatic rings. The lowest BCUT2D eigenvalue weighted by Crippen LogP contribution is -2.47. The average Bonchev–Trinajstić information content (AvgIpc) is 2.74. The molecule has 1 aliphatic rings. The summed E-state index contributed by atoms with van der Waals surface area (Å²) >= 11 is 0. The van der Waals surface area contributed by atoms with Crippen LogP contribution >= 0.6 is 0 Å². The van der Waals surface area contributed by atoms with Crippen molar-refractivity contribution < 1.29 is 0 Å². The minimum Gasteiger partial charge on any atom is -0.313 e. The number of aryl methyl sites for hydroxylation is 1. The predicted octanol–water partition coefficient (Wildman–Crippen LogP) is 4.72. The Kier molecular flexibility index (Phi) is 5.31. The van der Waals surface area contributed by atoms with Gasteiger partial charge in [0.1, 0.15) is 5.84 Å². The van der Waals surface area contributed by atoms with E-state index in [2.05, 4.69) is 102 Å². The summed E-state index contributed by atoms with van der Waals surface area (Å²) in [4.78, 5) is 9.67. The van der Waals surface area contributed by atoms with E-state index in [1.54, 1.807) is 0 Å². The van der Waals surface area contributed by atoms with Crippen molar-refractivity contribution in [2.24, 2.45) is 4.99 Å². The third-order valence-corrected chi connectivity index (χ3v) is 4.95. The van der Waals surface area contributed by atoms with Crippen molar-refractivity contribution in [1.82, 2.24) is 4.90 Å². The van der Waals surface area contributed by atoms with Crippen molar-refractivity contribution in [3.8, 4) is 0 Å². The Morgan fingerprint density at radius 1 is 0.815 bits per heavy atom. The lowest BCUT2D eigenvalue weighted by Gasteiger charge is -2.36. The number of benzene rings is 3. The van der Waals surface area contributed by atoms with Crippen LogP contribution in [0.1, 0.15) is 16.7 Å². The molecule has 3 aromatic carbocycles. The summed E-state index contributed by atoms with van der Waals surface area (Å²) in [7, 11) is 0. The lowest BCUT2D eigenvalue weighted by molar-refractivity contribution is 0.285. The first-order valence-electron chi connectivity index (χ1n) is 9.50. The molecule has 0 saturated carbocycles. The number of aliphatic imine (C=N–C) groups is 1. The molecule has 136 valence electrons. The Morgan fingerprint density at radius 2 is 1.48 bits per heavy atom. The summed E-state index contributed by atoms with van der Waals surface area (Å²) in [5, 5.41) is 0. The fourth-order valence-corrected chi connectivity index (χ4v) is 3.40. The van der Waals surface area contributed by atoms with E-state index in [4.69, 9.17) is 4.99 Å². The maximum atomic E-state index is 4.94. The summed E-state index contributed by atoms with van der Waals surface area (Å²) in [6.07, 6.45) is 1.04. The minimum absolute atomic E-state index is 0.736. The fraction of sp³-hybridized carbons (Fsp3) is 0.208. The van der Waals surface area contributed by atoms with Gasteiger partial charge in [0.25, 0.3) is 0 Å². The summed E-state index contributed by atoms with van der Waals surface area (Å²) in [5.74, 6) is 1.05. The topological polar surface area (TPSA) is 18.8 Å². The molecule has 0 spiro atoms. The number of rotatable bonds is 5. The zero-order valence-electron chi connectivity index (χ0n) is 15.8. The Hall–Kier alpha value is -2.91. The molecule has 3 heteroatoms. The molecule has 0 atom stereocenters. The zero-order valence-corrected chi connectivity index (χ0v) is 15.8. The summed E-state index contributed by atoms with van der Waals surface area (Å²) in [6.45, 7) is 4.71. The fourth-order valence-electron chi connectivity index (χ4n) is 3.40. The first-order valence-corrected chi connectivity index (χ1v) is 9.50. The Morgan fingerprint density at radius 3 is 2.19 bits per heavy atom. The highest BCUT2D eigenvalue weighted by molar-refractivity contribution is 6.10. The smallest absolute Gasteiger partial charge is 0.137 e. The molecule has 0 N–H and O–H groups in total. The van der Waals surface area contributed by atoms with Crippen LogP contribution < -0.4 is 4.90 Å². The van der Waals surface area contributed by atoms with Crippen molar-refractivity contribution in [2.45, 2.75) is 13.3 Å². The van der Waals surface area contributed by atoms with Crippen molar-refractivity contribution in [3.05, 3.63) is 102 Å². The van der Waals surface area contributed by atoms with E-state index in [1.807, 2.05) is 0 Å². The highest BCUT2D eigenvalue weighted by Crippen LogP contribution is 2.22. The van der Waals surface area contributed by atoms with E-state index >= 15 is 0 Å². The van der Waals surface area contributed by atoms with Gasteiger partial charge in [-0.25, -0.2) is 0 Å². The van der Waals surface area contributed by atoms with Crippen molar-refractivity contribution >= 4 is 11.5 Å². The standard InChI is InChI=1S/C24H25N3/c1-20-12-14-23(15-13-20)27-19-26(17-16-21-8-4-2-5-9-21)18-25-24(27)22-10-6-3-7-11-22/h2-15H,16-19H2,1H3. The van der Waals surface area contributed by atoms with Crippen molar-refractivity contribution in [1.29, 1.82) is 0 Å². The number of anilines is 1. The van der Waals surface area contributed by atoms with Gasteiger partial charge in [0, 0.05) is 17.8 Å². The van der Waals surface area contributed by atoms with Gasteiger partial charge >= 0.3 is 0 Å². The van der Waals surface area contributed by atoms with Gasteiger partial charge in [-0.1, -0.05) is 78.4 Å². The van der Waals surface area contributed by atoms with E-state index in [1.165, 1.54) is 22.4 Å². The molecule has 0 aliphatic carbocycles. The van der Waals surface area contributed by atoms with E-state index < -0.39 is 0 Å². The predicted molar refractivity (Wildman–Crippen MR) is 113 cm³/mol. The summed E-state index contributed by atoms with van der Waals surface area (Å²) in [6, 6.07) is 29.9. The van der Waals surface area contributed by atoms with Crippen molar-refractivity contribution in [3.63, 3.8) is 0 Å². The highest BCUT2D eigenvalue weighted by atomic mass is 15.4. The molecule has 0 amide bonds. The van der Waals surface area contributed by atoms with Gasteiger partial charge < -0.3 is 4.90 Å². The number of hydrogen-bond donors (Lipinski definition) is 0. The van der Waals surface area contributed by atoms with Gasteiger partial charge in [0.15, 0.2) is 0 Å². The highest BCUT2D eigenvalue weighted by Gasteiger charge is 2.23. The van der Waals surface area contributed by atoms with E-state index in [0.29, 0.717) is 0 Å². The van der Waals surface area contributed by atoms with Gasteiger partial charge in [0.2, 0.25) is 0 Å². The summed E-state index contributed by atoms with van der Waals surface area (Å²) < 4.78 is 0. The maximum absolute atomic E-state index is 4.94. The molecule has 1 aliphatic heterocycles. The van der Waals surface area contributed by atoms with Crippen molar-refractivity contribution in [2.75, 3.05) is 24.8 Å². The van der Waals surface area contributed by atoms with Crippen LogP contribution in [0.15, 0.2) is 89.9 Å². The second-order valence-corrected chi connectivity index (χ2v) is 7.02. The molecule has 0 aromatic heterocycles. The average molecular weight is 355 g/mol.